The smallest absolute Gasteiger partial charge is 0.324 e. The maximum atomic E-state index is 13.2. The van der Waals surface area contributed by atoms with Crippen molar-refractivity contribution in [3.8, 4) is 0 Å². The first-order valence-corrected chi connectivity index (χ1v) is 8.41. The predicted octanol–water partition coefficient (Wildman–Crippen LogP) is 2.21. The number of carbonyl (C=O) groups excluding carboxylic acids is 2. The molecule has 146 valence electrons. The van der Waals surface area contributed by atoms with Crippen LogP contribution in [-0.2, 0) is 4.79 Å². The zero-order valence-electron chi connectivity index (χ0n) is 14.6. The van der Waals surface area contributed by atoms with Crippen molar-refractivity contribution >= 4 is 35.9 Å². The largest absolute Gasteiger partial charge is 0.341 e. The summed E-state index contributed by atoms with van der Waals surface area (Å²) in [4.78, 5) is 25.6. The van der Waals surface area contributed by atoms with E-state index in [2.05, 4.69) is 15.7 Å². The normalized spacial score (nSPS) is 14.4. The van der Waals surface area contributed by atoms with Crippen molar-refractivity contribution in [3.63, 3.8) is 0 Å². The number of likely N-dealkylation sites (tertiary alicyclic amines) is 1. The molecular weight excluding hydrogens is 375 g/mol. The van der Waals surface area contributed by atoms with E-state index in [1.807, 2.05) is 0 Å². The average molecular weight is 397 g/mol. The first-order valence-electron chi connectivity index (χ1n) is 8.41. The van der Waals surface area contributed by atoms with Gasteiger partial charge in [-0.3, -0.25) is 10.1 Å². The third kappa shape index (κ3) is 5.18. The number of urea groups is 1. The lowest BCUT2D eigenvalue weighted by molar-refractivity contribution is -0.130. The van der Waals surface area contributed by atoms with Crippen LogP contribution in [0.2, 0.25) is 0 Å². The number of hydrogen-bond acceptors (Lipinski definition) is 4. The fourth-order valence-electron chi connectivity index (χ4n) is 3.04. The van der Waals surface area contributed by atoms with Gasteiger partial charge in [0.2, 0.25) is 5.91 Å². The molecule has 1 saturated heterocycles. The molecule has 1 aliphatic rings. The summed E-state index contributed by atoms with van der Waals surface area (Å²) in [6.07, 6.45) is 3.07. The molecule has 0 radical (unpaired) electrons. The zero-order valence-corrected chi connectivity index (χ0v) is 15.4. The Labute approximate surface area is 162 Å². The van der Waals surface area contributed by atoms with E-state index in [1.54, 1.807) is 27.9 Å². The second kappa shape index (κ2) is 9.33. The molecule has 1 fully saturated rings. The van der Waals surface area contributed by atoms with E-state index < -0.39 is 11.8 Å². The number of aromatic nitrogens is 2. The van der Waals surface area contributed by atoms with Gasteiger partial charge in [0.25, 0.3) is 0 Å². The summed E-state index contributed by atoms with van der Waals surface area (Å²) >= 11 is 0. The molecule has 3 amide bonds. The molecule has 8 nitrogen and oxygen atoms in total. The van der Waals surface area contributed by atoms with Crippen LogP contribution in [0.5, 0.6) is 0 Å². The van der Waals surface area contributed by atoms with Crippen molar-refractivity contribution in [2.45, 2.75) is 18.9 Å². The Balaban J connectivity index is 0.00000261. The maximum Gasteiger partial charge on any atom is 0.324 e. The van der Waals surface area contributed by atoms with Crippen LogP contribution < -0.4 is 16.4 Å². The summed E-state index contributed by atoms with van der Waals surface area (Å²) in [6.45, 7) is 1.23. The SMILES string of the molecule is Cl.NCC(=O)N1CCC(n2nccc2NC(=O)Nc2cccc(F)c2)CC1. The van der Waals surface area contributed by atoms with E-state index in [9.17, 15) is 14.0 Å². The molecule has 2 aromatic rings. The van der Waals surface area contributed by atoms with Gasteiger partial charge in [-0.05, 0) is 31.0 Å². The van der Waals surface area contributed by atoms with Crippen LogP contribution in [0.1, 0.15) is 18.9 Å². The Hall–Kier alpha value is -2.65. The van der Waals surface area contributed by atoms with Gasteiger partial charge < -0.3 is 16.0 Å². The van der Waals surface area contributed by atoms with Crippen molar-refractivity contribution < 1.29 is 14.0 Å². The highest BCUT2D eigenvalue weighted by Crippen LogP contribution is 2.25. The van der Waals surface area contributed by atoms with Crippen LogP contribution in [0.25, 0.3) is 0 Å². The lowest BCUT2D eigenvalue weighted by Crippen LogP contribution is -2.42. The zero-order chi connectivity index (χ0) is 18.5. The van der Waals surface area contributed by atoms with Crippen molar-refractivity contribution in [1.82, 2.24) is 14.7 Å². The second-order valence-electron chi connectivity index (χ2n) is 6.07. The summed E-state index contributed by atoms with van der Waals surface area (Å²) in [7, 11) is 0. The van der Waals surface area contributed by atoms with Gasteiger partial charge in [0.05, 0.1) is 18.8 Å². The number of halogens is 2. The second-order valence-corrected chi connectivity index (χ2v) is 6.07. The van der Waals surface area contributed by atoms with Gasteiger partial charge in [0.15, 0.2) is 0 Å². The van der Waals surface area contributed by atoms with Gasteiger partial charge in [-0.15, -0.1) is 12.4 Å². The molecule has 2 heterocycles. The van der Waals surface area contributed by atoms with Gasteiger partial charge in [-0.1, -0.05) is 6.07 Å². The maximum absolute atomic E-state index is 13.2. The summed E-state index contributed by atoms with van der Waals surface area (Å²) in [5.41, 5.74) is 5.76. The van der Waals surface area contributed by atoms with Crippen LogP contribution in [0.3, 0.4) is 0 Å². The third-order valence-electron chi connectivity index (χ3n) is 4.33. The number of amides is 3. The Bertz CT molecular complexity index is 791. The number of anilines is 2. The molecule has 0 aliphatic carbocycles. The van der Waals surface area contributed by atoms with Gasteiger partial charge >= 0.3 is 6.03 Å². The first kappa shape index (κ1) is 20.7. The highest BCUT2D eigenvalue weighted by Gasteiger charge is 2.25. The summed E-state index contributed by atoms with van der Waals surface area (Å²) in [5.74, 6) is 0.0610. The first-order chi connectivity index (χ1) is 12.6. The van der Waals surface area contributed by atoms with Gasteiger partial charge in [0, 0.05) is 24.8 Å². The number of piperidine rings is 1. The van der Waals surface area contributed by atoms with Crippen LogP contribution in [0.15, 0.2) is 36.5 Å². The van der Waals surface area contributed by atoms with Crippen LogP contribution in [0, 0.1) is 5.82 Å². The van der Waals surface area contributed by atoms with Crippen LogP contribution >= 0.6 is 12.4 Å². The quantitative estimate of drug-likeness (QED) is 0.736. The lowest BCUT2D eigenvalue weighted by Gasteiger charge is -2.32. The molecule has 1 aromatic heterocycles. The van der Waals surface area contributed by atoms with Gasteiger partial charge in [-0.25, -0.2) is 13.9 Å². The molecule has 0 atom stereocenters. The third-order valence-corrected chi connectivity index (χ3v) is 4.33. The molecule has 27 heavy (non-hydrogen) atoms. The molecule has 1 aliphatic heterocycles. The number of carbonyl (C=O) groups is 2. The van der Waals surface area contributed by atoms with E-state index >= 15 is 0 Å². The topological polar surface area (TPSA) is 105 Å². The molecule has 0 saturated carbocycles. The summed E-state index contributed by atoms with van der Waals surface area (Å²) in [6, 6.07) is 6.96. The van der Waals surface area contributed by atoms with Crippen molar-refractivity contribution in [2.24, 2.45) is 5.73 Å². The molecule has 0 spiro atoms. The summed E-state index contributed by atoms with van der Waals surface area (Å²) < 4.78 is 14.9. The van der Waals surface area contributed by atoms with E-state index in [1.165, 1.54) is 18.2 Å². The molecule has 0 unspecified atom stereocenters. The molecule has 0 bridgehead atoms. The fourth-order valence-corrected chi connectivity index (χ4v) is 3.04. The standard InChI is InChI=1S/C17H21FN6O2.ClH/c18-12-2-1-3-13(10-12)21-17(26)22-15-4-7-20-24(15)14-5-8-23(9-6-14)16(25)11-19;/h1-4,7,10,14H,5-6,8-9,11,19H2,(H2,21,22,26);1H. The minimum absolute atomic E-state index is 0. The highest BCUT2D eigenvalue weighted by atomic mass is 35.5. The Kier molecular flexibility index (Phi) is 7.14. The fraction of sp³-hybridized carbons (Fsp3) is 0.353. The van der Waals surface area contributed by atoms with Crippen molar-refractivity contribution in [2.75, 3.05) is 30.3 Å². The Morgan fingerprint density at radius 1 is 1.22 bits per heavy atom. The van der Waals surface area contributed by atoms with E-state index in [-0.39, 0.29) is 30.9 Å². The van der Waals surface area contributed by atoms with E-state index in [4.69, 9.17) is 5.73 Å². The number of hydrogen-bond donors (Lipinski definition) is 3. The number of nitrogens with one attached hydrogen (secondary N) is 2. The molecular formula is C17H22ClFN6O2. The van der Waals surface area contributed by atoms with E-state index in [0.717, 1.165) is 12.8 Å². The van der Waals surface area contributed by atoms with Crippen LogP contribution in [0.4, 0.5) is 20.7 Å². The molecule has 10 heteroatoms. The Morgan fingerprint density at radius 2 is 1.96 bits per heavy atom. The predicted molar refractivity (Wildman–Crippen MR) is 102 cm³/mol. The lowest BCUT2D eigenvalue weighted by atomic mass is 10.1. The summed E-state index contributed by atoms with van der Waals surface area (Å²) in [5, 5.41) is 9.60. The average Bonchev–Trinajstić information content (AvgIpc) is 3.09. The number of nitrogens with zero attached hydrogens (tertiary/aromatic N) is 3. The highest BCUT2D eigenvalue weighted by molar-refractivity contribution is 5.99. The number of benzene rings is 1. The minimum Gasteiger partial charge on any atom is -0.341 e. The van der Waals surface area contributed by atoms with Gasteiger partial charge in [0.1, 0.15) is 11.6 Å². The van der Waals surface area contributed by atoms with Crippen molar-refractivity contribution in [3.05, 3.63) is 42.3 Å². The van der Waals surface area contributed by atoms with E-state index in [0.29, 0.717) is 24.6 Å². The van der Waals surface area contributed by atoms with Crippen LogP contribution in [-0.4, -0.2) is 46.3 Å². The molecule has 4 N–H and O–H groups in total. The number of rotatable bonds is 4. The number of nitrogens with two attached hydrogens (primary N) is 1. The molecule has 1 aromatic carbocycles. The monoisotopic (exact) mass is 396 g/mol. The van der Waals surface area contributed by atoms with Gasteiger partial charge in [-0.2, -0.15) is 5.10 Å². The minimum atomic E-state index is -0.479. The van der Waals surface area contributed by atoms with Crippen molar-refractivity contribution in [1.29, 1.82) is 0 Å². The Morgan fingerprint density at radius 3 is 2.63 bits per heavy atom. The molecule has 3 rings (SSSR count).